The second-order valence-corrected chi connectivity index (χ2v) is 12.2. The molecule has 0 fully saturated rings. The summed E-state index contributed by atoms with van der Waals surface area (Å²) in [6.45, 7) is 0.168. The van der Waals surface area contributed by atoms with E-state index in [9.17, 15) is 4.57 Å². The van der Waals surface area contributed by atoms with Crippen molar-refractivity contribution in [3.8, 4) is 0 Å². The summed E-state index contributed by atoms with van der Waals surface area (Å²) in [6, 6.07) is 0. The SMILES string of the molecule is O=P(O)(O)OCCCCCCCCCCCCCCCCCCCCCCCCCCCCCCl. The number of alkyl halides is 1. The van der Waals surface area contributed by atoms with Gasteiger partial charge in [0.25, 0.3) is 0 Å². The van der Waals surface area contributed by atoms with E-state index in [2.05, 4.69) is 4.52 Å². The largest absolute Gasteiger partial charge is 0.469 e. The van der Waals surface area contributed by atoms with Crippen LogP contribution in [0, 0.1) is 0 Å². The Morgan fingerprint density at radius 2 is 0.600 bits per heavy atom. The van der Waals surface area contributed by atoms with Crippen LogP contribution in [0.5, 0.6) is 0 Å². The Labute approximate surface area is 224 Å². The van der Waals surface area contributed by atoms with E-state index < -0.39 is 7.82 Å². The summed E-state index contributed by atoms with van der Waals surface area (Å²) >= 11 is 5.71. The molecule has 0 aliphatic heterocycles. The smallest absolute Gasteiger partial charge is 0.303 e. The molecular weight excluding hydrogens is 479 g/mol. The summed E-state index contributed by atoms with van der Waals surface area (Å²) < 4.78 is 15.0. The van der Waals surface area contributed by atoms with Gasteiger partial charge in [0.15, 0.2) is 0 Å². The Hall–Kier alpha value is 0.400. The van der Waals surface area contributed by atoms with Crippen LogP contribution in [0.2, 0.25) is 0 Å². The van der Waals surface area contributed by atoms with Gasteiger partial charge in [0.1, 0.15) is 0 Å². The summed E-state index contributed by atoms with van der Waals surface area (Å²) in [5.41, 5.74) is 0. The second-order valence-electron chi connectivity index (χ2n) is 10.6. The van der Waals surface area contributed by atoms with Crippen molar-refractivity contribution < 1.29 is 18.9 Å². The molecule has 0 rings (SSSR count). The third-order valence-corrected chi connectivity index (χ3v) is 7.82. The van der Waals surface area contributed by atoms with Gasteiger partial charge >= 0.3 is 7.82 Å². The van der Waals surface area contributed by atoms with E-state index >= 15 is 0 Å². The number of halogens is 1. The molecule has 0 heterocycles. The highest BCUT2D eigenvalue weighted by molar-refractivity contribution is 7.46. The number of hydrogen-bond acceptors (Lipinski definition) is 2. The molecule has 0 spiro atoms. The molecule has 0 amide bonds. The molecule has 0 unspecified atom stereocenters. The van der Waals surface area contributed by atoms with E-state index in [1.807, 2.05) is 0 Å². The fourth-order valence-corrected chi connectivity index (χ4v) is 5.36. The molecule has 0 saturated carbocycles. The molecule has 212 valence electrons. The van der Waals surface area contributed by atoms with Crippen molar-refractivity contribution in [1.29, 1.82) is 0 Å². The number of unbranched alkanes of at least 4 members (excludes halogenated alkanes) is 26. The molecule has 0 saturated heterocycles. The lowest BCUT2D eigenvalue weighted by molar-refractivity contribution is 0.193. The van der Waals surface area contributed by atoms with Gasteiger partial charge in [-0.15, -0.1) is 11.6 Å². The van der Waals surface area contributed by atoms with Gasteiger partial charge in [-0.1, -0.05) is 161 Å². The fraction of sp³-hybridized carbons (Fsp3) is 1.00. The lowest BCUT2D eigenvalue weighted by atomic mass is 10.0. The van der Waals surface area contributed by atoms with Gasteiger partial charge in [0.05, 0.1) is 6.61 Å². The van der Waals surface area contributed by atoms with Crippen LogP contribution in [0.4, 0.5) is 0 Å². The quantitative estimate of drug-likeness (QED) is 0.0542. The van der Waals surface area contributed by atoms with Crippen LogP contribution in [0.3, 0.4) is 0 Å². The predicted octanol–water partition coefficient (Wildman–Crippen LogP) is 10.9. The van der Waals surface area contributed by atoms with Gasteiger partial charge in [-0.2, -0.15) is 0 Å². The molecule has 0 radical (unpaired) electrons. The van der Waals surface area contributed by atoms with Gasteiger partial charge in [0, 0.05) is 5.88 Å². The number of rotatable bonds is 30. The molecule has 0 aromatic heterocycles. The monoisotopic (exact) mass is 538 g/mol. The Morgan fingerprint density at radius 3 is 0.800 bits per heavy atom. The van der Waals surface area contributed by atoms with Crippen molar-refractivity contribution in [2.24, 2.45) is 0 Å². The Bertz CT molecular complexity index is 444. The van der Waals surface area contributed by atoms with Crippen molar-refractivity contribution in [2.75, 3.05) is 12.5 Å². The van der Waals surface area contributed by atoms with Crippen LogP contribution in [-0.2, 0) is 9.09 Å². The highest BCUT2D eigenvalue weighted by atomic mass is 35.5. The van der Waals surface area contributed by atoms with Crippen LogP contribution < -0.4 is 0 Å². The number of hydrogen-bond donors (Lipinski definition) is 2. The Balaban J connectivity index is 3.04. The molecule has 0 bridgehead atoms. The third kappa shape index (κ3) is 34.4. The number of phosphoric ester groups is 1. The minimum absolute atomic E-state index is 0.168. The molecule has 4 nitrogen and oxygen atoms in total. The van der Waals surface area contributed by atoms with Crippen molar-refractivity contribution in [3.63, 3.8) is 0 Å². The van der Waals surface area contributed by atoms with E-state index in [0.717, 1.165) is 25.1 Å². The lowest BCUT2D eigenvalue weighted by Crippen LogP contribution is -1.92. The van der Waals surface area contributed by atoms with Gasteiger partial charge in [0.2, 0.25) is 0 Å². The minimum Gasteiger partial charge on any atom is -0.303 e. The molecule has 0 aliphatic carbocycles. The van der Waals surface area contributed by atoms with E-state index in [-0.39, 0.29) is 6.61 Å². The third-order valence-electron chi connectivity index (χ3n) is 7.04. The first kappa shape index (κ1) is 35.4. The predicted molar refractivity (Wildman–Crippen MR) is 153 cm³/mol. The molecule has 35 heavy (non-hydrogen) atoms. The Morgan fingerprint density at radius 1 is 0.400 bits per heavy atom. The standard InChI is InChI=1S/C29H60ClO4P/c30-28-26-24-22-20-18-16-14-12-10-8-6-4-2-1-3-5-7-9-11-13-15-17-19-21-23-25-27-29-34-35(31,32)33/h1-29H2,(H2,31,32,33). The van der Waals surface area contributed by atoms with Gasteiger partial charge in [-0.3, -0.25) is 4.52 Å². The lowest BCUT2D eigenvalue weighted by Gasteiger charge is -2.05. The van der Waals surface area contributed by atoms with Gasteiger partial charge in [-0.05, 0) is 12.8 Å². The van der Waals surface area contributed by atoms with Crippen LogP contribution in [-0.4, -0.2) is 22.3 Å². The van der Waals surface area contributed by atoms with Crippen LogP contribution in [0.15, 0.2) is 0 Å². The minimum atomic E-state index is -4.27. The normalized spacial score (nSPS) is 12.0. The second kappa shape index (κ2) is 29.0. The van der Waals surface area contributed by atoms with Crippen LogP contribution in [0.1, 0.15) is 173 Å². The molecule has 2 N–H and O–H groups in total. The first-order valence-corrected chi connectivity index (χ1v) is 17.4. The average Bonchev–Trinajstić information content (AvgIpc) is 2.82. The summed E-state index contributed by atoms with van der Waals surface area (Å²) in [4.78, 5) is 17.2. The molecule has 0 aromatic rings. The molecule has 0 atom stereocenters. The van der Waals surface area contributed by atoms with Crippen molar-refractivity contribution in [1.82, 2.24) is 0 Å². The summed E-state index contributed by atoms with van der Waals surface area (Å²) in [5, 5.41) is 0. The van der Waals surface area contributed by atoms with Crippen molar-refractivity contribution in [2.45, 2.75) is 173 Å². The summed E-state index contributed by atoms with van der Waals surface area (Å²) in [6.07, 6.45) is 36.3. The Kier molecular flexibility index (Phi) is 29.3. The topological polar surface area (TPSA) is 66.8 Å². The summed E-state index contributed by atoms with van der Waals surface area (Å²) in [7, 11) is -4.27. The first-order valence-electron chi connectivity index (χ1n) is 15.3. The number of phosphoric acid groups is 1. The maximum atomic E-state index is 10.6. The maximum Gasteiger partial charge on any atom is 0.469 e. The summed E-state index contributed by atoms with van der Waals surface area (Å²) in [5.74, 6) is 0.832. The average molecular weight is 539 g/mol. The molecule has 0 aromatic carbocycles. The van der Waals surface area contributed by atoms with E-state index in [1.54, 1.807) is 0 Å². The van der Waals surface area contributed by atoms with Crippen molar-refractivity contribution >= 4 is 19.4 Å². The van der Waals surface area contributed by atoms with Gasteiger partial charge < -0.3 is 9.79 Å². The fourth-order valence-electron chi connectivity index (χ4n) is 4.80. The van der Waals surface area contributed by atoms with Crippen molar-refractivity contribution in [3.05, 3.63) is 0 Å². The molecular formula is C29H60ClO4P. The van der Waals surface area contributed by atoms with Crippen LogP contribution in [0.25, 0.3) is 0 Å². The van der Waals surface area contributed by atoms with E-state index in [1.165, 1.54) is 154 Å². The molecule has 6 heteroatoms. The molecule has 0 aliphatic rings. The highest BCUT2D eigenvalue weighted by Gasteiger charge is 2.12. The van der Waals surface area contributed by atoms with Crippen LogP contribution >= 0.6 is 19.4 Å². The first-order chi connectivity index (χ1) is 17.1. The zero-order valence-corrected chi connectivity index (χ0v) is 24.7. The van der Waals surface area contributed by atoms with E-state index in [0.29, 0.717) is 0 Å². The zero-order chi connectivity index (χ0) is 25.7. The highest BCUT2D eigenvalue weighted by Crippen LogP contribution is 2.35. The maximum absolute atomic E-state index is 10.6. The van der Waals surface area contributed by atoms with Gasteiger partial charge in [-0.25, -0.2) is 4.57 Å². The van der Waals surface area contributed by atoms with E-state index in [4.69, 9.17) is 21.4 Å². The zero-order valence-electron chi connectivity index (χ0n) is 23.0.